The molecular weight excluding hydrogens is 451 g/mol. The summed E-state index contributed by atoms with van der Waals surface area (Å²) in [5.74, 6) is -0.426. The highest BCUT2D eigenvalue weighted by Gasteiger charge is 2.38. The summed E-state index contributed by atoms with van der Waals surface area (Å²) >= 11 is 0. The molecule has 1 saturated carbocycles. The first-order valence-corrected chi connectivity index (χ1v) is 11.2. The summed E-state index contributed by atoms with van der Waals surface area (Å²) in [4.78, 5) is 31.5. The molecule has 1 fully saturated rings. The summed E-state index contributed by atoms with van der Waals surface area (Å²) in [6.07, 6.45) is -2.29. The Balaban J connectivity index is 1.63. The predicted molar refractivity (Wildman–Crippen MR) is 118 cm³/mol. The quantitative estimate of drug-likeness (QED) is 0.630. The van der Waals surface area contributed by atoms with E-state index in [1.165, 1.54) is 6.07 Å². The van der Waals surface area contributed by atoms with Gasteiger partial charge in [-0.3, -0.25) is 9.59 Å². The van der Waals surface area contributed by atoms with E-state index in [1.807, 2.05) is 0 Å². The number of aryl methyl sites for hydroxylation is 1. The van der Waals surface area contributed by atoms with Crippen molar-refractivity contribution in [1.82, 2.24) is 25.7 Å². The molecule has 1 heterocycles. The van der Waals surface area contributed by atoms with Gasteiger partial charge >= 0.3 is 6.18 Å². The Kier molecular flexibility index (Phi) is 7.96. The molecular formula is C23H30F3N5O3. The number of hydrogen-bond acceptors (Lipinski definition) is 6. The number of halogens is 3. The van der Waals surface area contributed by atoms with E-state index in [0.29, 0.717) is 24.2 Å². The third-order valence-corrected chi connectivity index (χ3v) is 6.28. The van der Waals surface area contributed by atoms with Gasteiger partial charge in [0.05, 0.1) is 18.0 Å². The third kappa shape index (κ3) is 6.34. The second-order valence-corrected chi connectivity index (χ2v) is 8.95. The zero-order chi connectivity index (χ0) is 25.0. The molecule has 3 rings (SSSR count). The van der Waals surface area contributed by atoms with Crippen molar-refractivity contribution in [3.63, 3.8) is 0 Å². The first kappa shape index (κ1) is 25.7. The van der Waals surface area contributed by atoms with Crippen LogP contribution in [0.3, 0.4) is 0 Å². The number of amides is 2. The second kappa shape index (κ2) is 10.5. The first-order chi connectivity index (χ1) is 16.0. The van der Waals surface area contributed by atoms with E-state index in [4.69, 9.17) is 4.52 Å². The minimum absolute atomic E-state index is 0.168. The first-order valence-electron chi connectivity index (χ1n) is 11.2. The Bertz CT molecular complexity index is 1010. The number of carbonyl (C=O) groups excluding carboxylic acids is 2. The molecule has 2 N–H and O–H groups in total. The van der Waals surface area contributed by atoms with Crippen LogP contribution >= 0.6 is 0 Å². The van der Waals surface area contributed by atoms with Gasteiger partial charge in [0, 0.05) is 23.7 Å². The van der Waals surface area contributed by atoms with Crippen LogP contribution in [-0.2, 0) is 11.0 Å². The Labute approximate surface area is 196 Å². The van der Waals surface area contributed by atoms with E-state index in [1.54, 1.807) is 6.92 Å². The molecule has 2 aromatic rings. The number of aromatic nitrogens is 2. The monoisotopic (exact) mass is 481 g/mol. The Morgan fingerprint density at radius 3 is 2.62 bits per heavy atom. The minimum atomic E-state index is -4.56. The zero-order valence-corrected chi connectivity index (χ0v) is 19.6. The van der Waals surface area contributed by atoms with Crippen LogP contribution in [0.15, 0.2) is 28.8 Å². The number of rotatable bonds is 7. The average Bonchev–Trinajstić information content (AvgIpc) is 3.22. The fourth-order valence-corrected chi connectivity index (χ4v) is 4.21. The van der Waals surface area contributed by atoms with Gasteiger partial charge in [-0.25, -0.2) is 0 Å². The van der Waals surface area contributed by atoms with Crippen molar-refractivity contribution in [3.05, 3.63) is 47.1 Å². The van der Waals surface area contributed by atoms with Crippen LogP contribution in [0.25, 0.3) is 0 Å². The summed E-state index contributed by atoms with van der Waals surface area (Å²) in [5.41, 5.74) is -1.09. The lowest BCUT2D eigenvalue weighted by Gasteiger charge is -2.40. The van der Waals surface area contributed by atoms with Gasteiger partial charge in [0.25, 0.3) is 5.91 Å². The van der Waals surface area contributed by atoms with Gasteiger partial charge in [-0.1, -0.05) is 11.2 Å². The molecule has 186 valence electrons. The fourth-order valence-electron chi connectivity index (χ4n) is 4.21. The molecule has 11 heteroatoms. The predicted octanol–water partition coefficient (Wildman–Crippen LogP) is 3.29. The molecule has 1 aliphatic carbocycles. The molecule has 1 aromatic heterocycles. The van der Waals surface area contributed by atoms with E-state index >= 15 is 0 Å². The van der Waals surface area contributed by atoms with E-state index < -0.39 is 23.6 Å². The molecule has 0 aliphatic heterocycles. The highest BCUT2D eigenvalue weighted by molar-refractivity contribution is 5.96. The lowest BCUT2D eigenvalue weighted by Crippen LogP contribution is -2.50. The van der Waals surface area contributed by atoms with Gasteiger partial charge in [0.1, 0.15) is 0 Å². The van der Waals surface area contributed by atoms with Crippen LogP contribution in [-0.4, -0.2) is 58.6 Å². The molecule has 0 saturated heterocycles. The van der Waals surface area contributed by atoms with E-state index in [-0.39, 0.29) is 30.1 Å². The van der Waals surface area contributed by atoms with Gasteiger partial charge in [-0.05, 0) is 65.3 Å². The molecule has 2 amide bonds. The van der Waals surface area contributed by atoms with Crippen molar-refractivity contribution in [2.75, 3.05) is 13.6 Å². The standard InChI is InChI=1S/C23H30F3N5O3/c1-13(2)31(4)17-8-9-19(18(11-17)22-28-14(3)30-34-22)29-20(32)12-27-21(33)15-6-5-7-16(10-15)23(24,25)26/h5-7,10,13,17-19H,8-9,11-12H2,1-4H3,(H,27,33)(H,29,32)/t17-,18-,19+/m1/s1. The zero-order valence-electron chi connectivity index (χ0n) is 19.6. The number of benzene rings is 1. The number of nitrogens with one attached hydrogen (secondary N) is 2. The molecule has 1 aromatic carbocycles. The van der Waals surface area contributed by atoms with Crippen LogP contribution in [0.1, 0.15) is 66.7 Å². The van der Waals surface area contributed by atoms with Gasteiger partial charge in [0.2, 0.25) is 11.8 Å². The lowest BCUT2D eigenvalue weighted by atomic mass is 9.80. The molecule has 8 nitrogen and oxygen atoms in total. The minimum Gasteiger partial charge on any atom is -0.351 e. The molecule has 0 spiro atoms. The highest BCUT2D eigenvalue weighted by Crippen LogP contribution is 2.35. The summed E-state index contributed by atoms with van der Waals surface area (Å²) < 4.78 is 44.1. The molecule has 1 aliphatic rings. The highest BCUT2D eigenvalue weighted by atomic mass is 19.4. The normalized spacial score (nSPS) is 21.0. The summed E-state index contributed by atoms with van der Waals surface area (Å²) in [5, 5.41) is 9.20. The largest absolute Gasteiger partial charge is 0.416 e. The Hall–Kier alpha value is -2.95. The Morgan fingerprint density at radius 1 is 1.26 bits per heavy atom. The SMILES string of the molecule is Cc1noc([C@@H]2C[C@H](N(C)C(C)C)CC[C@@H]2NC(=O)CNC(=O)c2cccc(C(F)(F)F)c2)n1. The van der Waals surface area contributed by atoms with Gasteiger partial charge < -0.3 is 20.1 Å². The smallest absolute Gasteiger partial charge is 0.351 e. The number of hydrogen-bond donors (Lipinski definition) is 2. The number of alkyl halides is 3. The maximum Gasteiger partial charge on any atom is 0.416 e. The van der Waals surface area contributed by atoms with Crippen LogP contribution in [0, 0.1) is 6.92 Å². The van der Waals surface area contributed by atoms with Crippen molar-refractivity contribution >= 4 is 11.8 Å². The number of nitrogens with zero attached hydrogens (tertiary/aromatic N) is 3. The van der Waals surface area contributed by atoms with Crippen molar-refractivity contribution in [3.8, 4) is 0 Å². The average molecular weight is 482 g/mol. The molecule has 3 atom stereocenters. The Morgan fingerprint density at radius 2 is 2.00 bits per heavy atom. The van der Waals surface area contributed by atoms with E-state index in [0.717, 1.165) is 31.0 Å². The third-order valence-electron chi connectivity index (χ3n) is 6.28. The molecule has 34 heavy (non-hydrogen) atoms. The van der Waals surface area contributed by atoms with Crippen LogP contribution in [0.4, 0.5) is 13.2 Å². The second-order valence-electron chi connectivity index (χ2n) is 8.95. The lowest BCUT2D eigenvalue weighted by molar-refractivity contribution is -0.137. The van der Waals surface area contributed by atoms with Gasteiger partial charge in [-0.2, -0.15) is 18.2 Å². The van der Waals surface area contributed by atoms with E-state index in [9.17, 15) is 22.8 Å². The summed E-state index contributed by atoms with van der Waals surface area (Å²) in [7, 11) is 2.06. The van der Waals surface area contributed by atoms with E-state index in [2.05, 4.69) is 46.6 Å². The van der Waals surface area contributed by atoms with Crippen molar-refractivity contribution in [1.29, 1.82) is 0 Å². The molecule has 0 unspecified atom stereocenters. The van der Waals surface area contributed by atoms with Crippen LogP contribution < -0.4 is 10.6 Å². The fraction of sp³-hybridized carbons (Fsp3) is 0.565. The van der Waals surface area contributed by atoms with Gasteiger partial charge in [0.15, 0.2) is 5.82 Å². The topological polar surface area (TPSA) is 100 Å². The molecule has 0 radical (unpaired) electrons. The molecule has 0 bridgehead atoms. The summed E-state index contributed by atoms with van der Waals surface area (Å²) in [6.45, 7) is 5.60. The van der Waals surface area contributed by atoms with Crippen LogP contribution in [0.2, 0.25) is 0 Å². The maximum absolute atomic E-state index is 12.9. The van der Waals surface area contributed by atoms with Crippen molar-refractivity contribution in [2.45, 2.75) is 70.3 Å². The van der Waals surface area contributed by atoms with Gasteiger partial charge in [-0.15, -0.1) is 0 Å². The van der Waals surface area contributed by atoms with Crippen molar-refractivity contribution in [2.24, 2.45) is 0 Å². The maximum atomic E-state index is 12.9. The summed E-state index contributed by atoms with van der Waals surface area (Å²) in [6, 6.07) is 4.43. The van der Waals surface area contributed by atoms with Crippen molar-refractivity contribution < 1.29 is 27.3 Å². The number of carbonyl (C=O) groups is 2. The van der Waals surface area contributed by atoms with Crippen LogP contribution in [0.5, 0.6) is 0 Å².